The van der Waals surface area contributed by atoms with Gasteiger partial charge >= 0.3 is 0 Å². The maximum atomic E-state index is 9.75. The number of halogens is 1. The van der Waals surface area contributed by atoms with Gasteiger partial charge in [-0.3, -0.25) is 0 Å². The predicted molar refractivity (Wildman–Crippen MR) is 61.1 cm³/mol. The Kier molecular flexibility index (Phi) is 5.32. The molecule has 0 aliphatic heterocycles. The van der Waals surface area contributed by atoms with Crippen LogP contribution in [-0.2, 0) is 0 Å². The van der Waals surface area contributed by atoms with E-state index in [1.807, 2.05) is 0 Å². The van der Waals surface area contributed by atoms with Gasteiger partial charge in [0.25, 0.3) is 0 Å². The van der Waals surface area contributed by atoms with E-state index in [-0.39, 0.29) is 17.0 Å². The normalized spacial score (nSPS) is 14.1. The lowest BCUT2D eigenvalue weighted by molar-refractivity contribution is -0.288. The second-order valence-electron chi connectivity index (χ2n) is 4.82. The van der Waals surface area contributed by atoms with E-state index in [0.29, 0.717) is 0 Å². The molecule has 0 amide bonds. The summed E-state index contributed by atoms with van der Waals surface area (Å²) in [6.45, 7) is 9.10. The molecule has 0 aromatic heterocycles. The number of aliphatic hydroxyl groups is 3. The molecule has 0 aromatic carbocycles. The number of hydrogen-bond donors (Lipinski definition) is 3. The van der Waals surface area contributed by atoms with E-state index < -0.39 is 17.2 Å². The molecule has 0 unspecified atom stereocenters. The first-order valence-electron chi connectivity index (χ1n) is 4.34. The second kappa shape index (κ2) is 4.45. The van der Waals surface area contributed by atoms with E-state index >= 15 is 0 Å². The minimum atomic E-state index is -1.28. The van der Waals surface area contributed by atoms with Crippen LogP contribution in [0.1, 0.15) is 41.5 Å². The standard InChI is InChI=1S/C9H21NO3.BrH/c1-7(2,11)10(8(3,4)12)9(5,6)13;/h11-13H,1-6H3;1H. The van der Waals surface area contributed by atoms with Crippen LogP contribution in [0.2, 0.25) is 0 Å². The summed E-state index contributed by atoms with van der Waals surface area (Å²) in [6.07, 6.45) is 0. The van der Waals surface area contributed by atoms with E-state index in [1.165, 1.54) is 46.4 Å². The molecule has 14 heavy (non-hydrogen) atoms. The zero-order valence-electron chi connectivity index (χ0n) is 9.70. The Morgan fingerprint density at radius 3 is 0.786 bits per heavy atom. The Morgan fingerprint density at radius 1 is 0.643 bits per heavy atom. The average molecular weight is 272 g/mol. The molecule has 4 nitrogen and oxygen atoms in total. The molecule has 0 aliphatic carbocycles. The molecule has 0 saturated heterocycles. The minimum Gasteiger partial charge on any atom is -0.376 e. The fraction of sp³-hybridized carbons (Fsp3) is 1.00. The van der Waals surface area contributed by atoms with Crippen LogP contribution in [0.15, 0.2) is 0 Å². The van der Waals surface area contributed by atoms with Gasteiger partial charge in [0.15, 0.2) is 0 Å². The van der Waals surface area contributed by atoms with E-state index in [4.69, 9.17) is 0 Å². The van der Waals surface area contributed by atoms with Crippen molar-refractivity contribution in [1.82, 2.24) is 4.90 Å². The van der Waals surface area contributed by atoms with Gasteiger partial charge in [-0.25, -0.2) is 4.90 Å². The highest BCUT2D eigenvalue weighted by Crippen LogP contribution is 2.28. The summed E-state index contributed by atoms with van der Waals surface area (Å²) in [5, 5.41) is 29.3. The van der Waals surface area contributed by atoms with Crippen LogP contribution < -0.4 is 0 Å². The first-order chi connectivity index (χ1) is 5.37. The van der Waals surface area contributed by atoms with Crippen molar-refractivity contribution in [3.63, 3.8) is 0 Å². The molecule has 0 radical (unpaired) electrons. The topological polar surface area (TPSA) is 63.9 Å². The fourth-order valence-electron chi connectivity index (χ4n) is 2.01. The summed E-state index contributed by atoms with van der Waals surface area (Å²) in [6, 6.07) is 0. The van der Waals surface area contributed by atoms with E-state index in [9.17, 15) is 15.3 Å². The molecule has 0 saturated carbocycles. The maximum Gasteiger partial charge on any atom is 0.117 e. The zero-order chi connectivity index (χ0) is 11.1. The van der Waals surface area contributed by atoms with E-state index in [2.05, 4.69) is 0 Å². The highest BCUT2D eigenvalue weighted by Gasteiger charge is 2.43. The molecule has 0 aliphatic rings. The van der Waals surface area contributed by atoms with Crippen LogP contribution in [0.3, 0.4) is 0 Å². The molecule has 0 aromatic rings. The van der Waals surface area contributed by atoms with Gasteiger partial charge in [0.05, 0.1) is 0 Å². The molecule has 5 heteroatoms. The van der Waals surface area contributed by atoms with Crippen molar-refractivity contribution in [2.24, 2.45) is 0 Å². The predicted octanol–water partition coefficient (Wildman–Crippen LogP) is 1.05. The number of hydrogen-bond acceptors (Lipinski definition) is 4. The third-order valence-corrected chi connectivity index (χ3v) is 1.64. The number of rotatable bonds is 3. The lowest BCUT2D eigenvalue weighted by Gasteiger charge is -2.49. The van der Waals surface area contributed by atoms with E-state index in [1.54, 1.807) is 0 Å². The zero-order valence-corrected chi connectivity index (χ0v) is 11.4. The molecule has 0 fully saturated rings. The lowest BCUT2D eigenvalue weighted by atomic mass is 10.1. The van der Waals surface area contributed by atoms with Crippen LogP contribution in [-0.4, -0.2) is 37.4 Å². The summed E-state index contributed by atoms with van der Waals surface area (Å²) in [5.41, 5.74) is -3.84. The second-order valence-corrected chi connectivity index (χ2v) is 4.82. The molecule has 0 bridgehead atoms. The van der Waals surface area contributed by atoms with Gasteiger partial charge in [0, 0.05) is 0 Å². The van der Waals surface area contributed by atoms with Gasteiger partial charge < -0.3 is 15.3 Å². The number of nitrogens with zero attached hydrogens (tertiary/aromatic N) is 1. The Morgan fingerprint density at radius 2 is 0.786 bits per heavy atom. The molecule has 88 valence electrons. The van der Waals surface area contributed by atoms with Crippen molar-refractivity contribution in [1.29, 1.82) is 0 Å². The van der Waals surface area contributed by atoms with Gasteiger partial charge in [-0.2, -0.15) is 0 Å². The summed E-state index contributed by atoms with van der Waals surface area (Å²) >= 11 is 0. The fourth-order valence-corrected chi connectivity index (χ4v) is 2.01. The summed E-state index contributed by atoms with van der Waals surface area (Å²) in [7, 11) is 0. The highest BCUT2D eigenvalue weighted by atomic mass is 79.9. The van der Waals surface area contributed by atoms with Crippen LogP contribution in [0, 0.1) is 0 Å². The average Bonchev–Trinajstić information content (AvgIpc) is 1.44. The van der Waals surface area contributed by atoms with Gasteiger partial charge in [0.1, 0.15) is 17.2 Å². The first kappa shape index (κ1) is 16.7. The van der Waals surface area contributed by atoms with Crippen LogP contribution in [0.4, 0.5) is 0 Å². The van der Waals surface area contributed by atoms with Gasteiger partial charge in [-0.05, 0) is 41.5 Å². The van der Waals surface area contributed by atoms with Crippen molar-refractivity contribution in [3.8, 4) is 0 Å². The largest absolute Gasteiger partial charge is 0.376 e. The summed E-state index contributed by atoms with van der Waals surface area (Å²) in [4.78, 5) is 1.23. The van der Waals surface area contributed by atoms with Crippen LogP contribution in [0.5, 0.6) is 0 Å². The van der Waals surface area contributed by atoms with Crippen molar-refractivity contribution in [2.75, 3.05) is 0 Å². The SMILES string of the molecule is Br.CC(C)(O)N(C(C)(C)O)C(C)(C)O. The molecular formula is C9H22BrNO3. The molecule has 0 heterocycles. The van der Waals surface area contributed by atoms with E-state index in [0.717, 1.165) is 0 Å². The Hall–Kier alpha value is 0.320. The molecule has 0 rings (SSSR count). The van der Waals surface area contributed by atoms with Gasteiger partial charge in [0.2, 0.25) is 0 Å². The minimum absolute atomic E-state index is 0. The Labute approximate surface area is 96.3 Å². The van der Waals surface area contributed by atoms with Crippen molar-refractivity contribution >= 4 is 17.0 Å². The smallest absolute Gasteiger partial charge is 0.117 e. The first-order valence-corrected chi connectivity index (χ1v) is 4.34. The van der Waals surface area contributed by atoms with Crippen molar-refractivity contribution in [3.05, 3.63) is 0 Å². The molecule has 3 N–H and O–H groups in total. The third kappa shape index (κ3) is 4.70. The quantitative estimate of drug-likeness (QED) is 0.672. The van der Waals surface area contributed by atoms with Crippen molar-refractivity contribution in [2.45, 2.75) is 58.7 Å². The molecular weight excluding hydrogens is 250 g/mol. The maximum absolute atomic E-state index is 9.75. The van der Waals surface area contributed by atoms with Crippen LogP contribution >= 0.6 is 17.0 Å². The lowest BCUT2D eigenvalue weighted by Crippen LogP contribution is -2.64. The van der Waals surface area contributed by atoms with Crippen LogP contribution in [0.25, 0.3) is 0 Å². The molecule has 0 spiro atoms. The summed E-state index contributed by atoms with van der Waals surface area (Å²) < 4.78 is 0. The van der Waals surface area contributed by atoms with Gasteiger partial charge in [-0.15, -0.1) is 17.0 Å². The third-order valence-electron chi connectivity index (χ3n) is 1.64. The Balaban J connectivity index is 0. The monoisotopic (exact) mass is 271 g/mol. The Bertz CT molecular complexity index is 143. The molecule has 0 atom stereocenters. The summed E-state index contributed by atoms with van der Waals surface area (Å²) in [5.74, 6) is 0. The van der Waals surface area contributed by atoms with Gasteiger partial charge in [-0.1, -0.05) is 0 Å². The highest BCUT2D eigenvalue weighted by molar-refractivity contribution is 8.93. The van der Waals surface area contributed by atoms with Crippen molar-refractivity contribution < 1.29 is 15.3 Å².